The van der Waals surface area contributed by atoms with Gasteiger partial charge in [-0.2, -0.15) is 0 Å². The van der Waals surface area contributed by atoms with Gasteiger partial charge in [0.2, 0.25) is 22.4 Å². The van der Waals surface area contributed by atoms with Gasteiger partial charge in [0.1, 0.15) is 5.82 Å². The van der Waals surface area contributed by atoms with E-state index in [0.717, 1.165) is 13.0 Å². The summed E-state index contributed by atoms with van der Waals surface area (Å²) in [5.74, 6) is -1.80. The smallest absolute Gasteiger partial charge is 0.308 e. The summed E-state index contributed by atoms with van der Waals surface area (Å²) >= 11 is 3.30. The second-order valence-electron chi connectivity index (χ2n) is 5.00. The molecule has 0 spiro atoms. The largest absolute Gasteiger partial charge is 0.502 e. The normalized spacial score (nSPS) is 12.3. The van der Waals surface area contributed by atoms with E-state index in [1.807, 2.05) is 0 Å². The van der Waals surface area contributed by atoms with E-state index in [1.54, 1.807) is 0 Å². The lowest BCUT2D eigenvalue weighted by molar-refractivity contribution is -0.132. The van der Waals surface area contributed by atoms with Crippen LogP contribution in [0.3, 0.4) is 0 Å². The van der Waals surface area contributed by atoms with Crippen molar-refractivity contribution in [2.75, 3.05) is 6.54 Å². The molecule has 0 radical (unpaired) electrons. The van der Waals surface area contributed by atoms with Crippen LogP contribution in [0.4, 0.5) is 4.39 Å². The van der Waals surface area contributed by atoms with Crippen molar-refractivity contribution < 1.29 is 31.9 Å². The summed E-state index contributed by atoms with van der Waals surface area (Å²) in [7, 11) is -2.74. The van der Waals surface area contributed by atoms with E-state index in [-0.39, 0.29) is 35.8 Å². The molecule has 25 heavy (non-hydrogen) atoms. The molecule has 136 valence electrons. The Balaban J connectivity index is 2.40. The minimum absolute atomic E-state index is 0.0574. The van der Waals surface area contributed by atoms with Gasteiger partial charge in [-0.25, -0.2) is 17.5 Å². The second-order valence-corrected chi connectivity index (χ2v) is 6.93. The third-order valence-corrected chi connectivity index (χ3v) is 4.48. The fraction of sp³-hybridized carbons (Fsp3) is 0.267. The number of alkyl halides is 1. The number of thiol groups is 1. The van der Waals surface area contributed by atoms with Gasteiger partial charge in [-0.15, -0.1) is 0 Å². The number of rotatable bonds is 7. The van der Waals surface area contributed by atoms with Crippen LogP contribution in [-0.4, -0.2) is 26.0 Å². The number of benzene rings is 1. The first kappa shape index (κ1) is 19.4. The number of halogens is 2. The fourth-order valence-electron chi connectivity index (χ4n) is 2.11. The Morgan fingerprint density at radius 3 is 2.80 bits per heavy atom. The molecule has 1 heterocycles. The molecule has 0 aliphatic rings. The van der Waals surface area contributed by atoms with Crippen molar-refractivity contribution in [1.29, 1.82) is 0 Å². The summed E-state index contributed by atoms with van der Waals surface area (Å²) in [6.45, 7) is 1.26. The molecular formula is C15H15BrFNO6S. The number of nitrogens with one attached hydrogen (secondary N) is 1. The highest BCUT2D eigenvalue weighted by atomic mass is 79.9. The van der Waals surface area contributed by atoms with Crippen molar-refractivity contribution in [1.82, 2.24) is 4.72 Å². The van der Waals surface area contributed by atoms with E-state index in [0.29, 0.717) is 0 Å². The van der Waals surface area contributed by atoms with Gasteiger partial charge in [-0.1, -0.05) is 28.1 Å². The number of esters is 1. The number of aromatic hydroxyl groups is 1. The van der Waals surface area contributed by atoms with E-state index >= 15 is 0 Å². The zero-order valence-electron chi connectivity index (χ0n) is 13.0. The van der Waals surface area contributed by atoms with Gasteiger partial charge in [-0.05, 0) is 18.6 Å². The molecule has 0 fully saturated rings. The molecule has 0 bridgehead atoms. The van der Waals surface area contributed by atoms with Crippen LogP contribution >= 0.6 is 15.9 Å². The van der Waals surface area contributed by atoms with Gasteiger partial charge in [0.05, 0.1) is 4.83 Å². The predicted molar refractivity (Wildman–Crippen MR) is 91.7 cm³/mol. The average Bonchev–Trinajstić information content (AvgIpc) is 2.83. The van der Waals surface area contributed by atoms with Crippen LogP contribution < -0.4 is 9.46 Å². The van der Waals surface area contributed by atoms with E-state index in [1.165, 1.54) is 18.2 Å². The lowest BCUT2D eigenvalue weighted by atomic mass is 10.1. The maximum absolute atomic E-state index is 13.4. The Bertz CT molecular complexity index is 843. The number of carbonyl (C=O) groups excluding carboxylic acids is 1. The molecule has 0 aliphatic heterocycles. The van der Waals surface area contributed by atoms with Crippen molar-refractivity contribution in [3.63, 3.8) is 0 Å². The van der Waals surface area contributed by atoms with Crippen molar-refractivity contribution in [2.45, 2.75) is 18.2 Å². The second kappa shape index (κ2) is 8.45. The first-order chi connectivity index (χ1) is 11.8. The van der Waals surface area contributed by atoms with Crippen molar-refractivity contribution in [2.24, 2.45) is 0 Å². The Hall–Kier alpha value is -1.91. The van der Waals surface area contributed by atoms with E-state index in [2.05, 4.69) is 20.7 Å². The Labute approximate surface area is 153 Å². The molecule has 1 aromatic heterocycles. The minimum atomic E-state index is -2.74. The number of furan rings is 1. The average molecular weight is 436 g/mol. The van der Waals surface area contributed by atoms with Crippen LogP contribution in [0, 0.1) is 5.82 Å². The maximum Gasteiger partial charge on any atom is 0.308 e. The van der Waals surface area contributed by atoms with E-state index in [9.17, 15) is 22.7 Å². The van der Waals surface area contributed by atoms with Crippen molar-refractivity contribution >= 4 is 32.8 Å². The zero-order valence-corrected chi connectivity index (χ0v) is 15.5. The number of hydrogen-bond acceptors (Lipinski definition) is 6. The lowest BCUT2D eigenvalue weighted by Gasteiger charge is -2.08. The highest BCUT2D eigenvalue weighted by Crippen LogP contribution is 2.48. The molecule has 0 aliphatic carbocycles. The summed E-state index contributed by atoms with van der Waals surface area (Å²) in [4.78, 5) is 10.7. The quantitative estimate of drug-likeness (QED) is 0.350. The summed E-state index contributed by atoms with van der Waals surface area (Å²) in [6.07, 6.45) is 0.257. The van der Waals surface area contributed by atoms with Gasteiger partial charge in [0.25, 0.3) is 0 Å². The van der Waals surface area contributed by atoms with Gasteiger partial charge in [0, 0.05) is 19.0 Å². The number of ether oxygens (including phenoxy) is 1. The summed E-state index contributed by atoms with van der Waals surface area (Å²) in [6, 6.07) is 5.36. The van der Waals surface area contributed by atoms with Crippen molar-refractivity contribution in [3.8, 4) is 22.8 Å². The van der Waals surface area contributed by atoms with Crippen LogP contribution in [0.25, 0.3) is 11.3 Å². The Kier molecular flexibility index (Phi) is 6.57. The monoisotopic (exact) mass is 435 g/mol. The first-order valence-electron chi connectivity index (χ1n) is 7.11. The minimum Gasteiger partial charge on any atom is -0.502 e. The predicted octanol–water partition coefficient (Wildman–Crippen LogP) is 2.66. The van der Waals surface area contributed by atoms with Crippen LogP contribution in [0.5, 0.6) is 11.5 Å². The van der Waals surface area contributed by atoms with Crippen LogP contribution in [0.1, 0.15) is 23.9 Å². The van der Waals surface area contributed by atoms with Gasteiger partial charge in [-0.3, -0.25) is 4.79 Å². The van der Waals surface area contributed by atoms with E-state index < -0.39 is 33.3 Å². The SMILES string of the molecule is CC(=O)Oc1c(C(Br)CCN[SH](=O)=O)oc(-c2cccc(F)c2)c1O. The zero-order chi connectivity index (χ0) is 18.6. The molecule has 0 saturated carbocycles. The Morgan fingerprint density at radius 1 is 1.48 bits per heavy atom. The molecule has 2 N–H and O–H groups in total. The molecule has 10 heteroatoms. The molecule has 0 saturated heterocycles. The number of carbonyl (C=O) groups is 1. The highest BCUT2D eigenvalue weighted by Gasteiger charge is 2.28. The molecule has 2 rings (SSSR count). The highest BCUT2D eigenvalue weighted by molar-refractivity contribution is 9.09. The number of hydrogen-bond donors (Lipinski definition) is 3. The van der Waals surface area contributed by atoms with Crippen LogP contribution in [0.15, 0.2) is 28.7 Å². The van der Waals surface area contributed by atoms with Gasteiger partial charge < -0.3 is 14.3 Å². The van der Waals surface area contributed by atoms with Crippen LogP contribution in [-0.2, 0) is 15.7 Å². The molecular weight excluding hydrogens is 421 g/mol. The molecule has 7 nitrogen and oxygen atoms in total. The standard InChI is InChI=1S/C15H15BrFNO6S/c1-8(19)23-15-12(20)13(9-3-2-4-10(17)7-9)24-14(15)11(16)5-6-18-25(21)22/h2-4,7,11,20,25H,5-6H2,1H3,(H,18,21,22). The topological polar surface area (TPSA) is 106 Å². The fourth-order valence-corrected chi connectivity index (χ4v) is 2.95. The molecule has 1 aromatic carbocycles. The molecule has 1 unspecified atom stereocenters. The van der Waals surface area contributed by atoms with Gasteiger partial charge >= 0.3 is 5.97 Å². The summed E-state index contributed by atoms with van der Waals surface area (Å²) in [5, 5.41) is 10.3. The third-order valence-electron chi connectivity index (χ3n) is 3.12. The maximum atomic E-state index is 13.4. The van der Waals surface area contributed by atoms with Gasteiger partial charge in [0.15, 0.2) is 11.5 Å². The summed E-state index contributed by atoms with van der Waals surface area (Å²) in [5.41, 5.74) is 0.262. The molecule has 2 aromatic rings. The van der Waals surface area contributed by atoms with Crippen molar-refractivity contribution in [3.05, 3.63) is 35.8 Å². The first-order valence-corrected chi connectivity index (χ1v) is 9.21. The van der Waals surface area contributed by atoms with Crippen LogP contribution in [0.2, 0.25) is 0 Å². The summed E-state index contributed by atoms with van der Waals surface area (Å²) < 4.78 is 47.3. The third kappa shape index (κ3) is 5.03. The molecule has 0 amide bonds. The Morgan fingerprint density at radius 2 is 2.20 bits per heavy atom. The lowest BCUT2D eigenvalue weighted by Crippen LogP contribution is -2.14. The molecule has 1 atom stereocenters. The van der Waals surface area contributed by atoms with E-state index in [4.69, 9.17) is 9.15 Å².